The van der Waals surface area contributed by atoms with E-state index in [9.17, 15) is 9.59 Å². The fraction of sp³-hybridized carbons (Fsp3) is 0.194. The normalized spacial score (nSPS) is 12.0. The molecule has 0 heterocycles. The molecular weight excluding hydrogens is 578 g/mol. The average Bonchev–Trinajstić information content (AvgIpc) is 2.93. The van der Waals surface area contributed by atoms with Crippen molar-refractivity contribution in [2.75, 3.05) is 0 Å². The van der Waals surface area contributed by atoms with E-state index in [1.165, 1.54) is 0 Å². The summed E-state index contributed by atoms with van der Waals surface area (Å²) in [7, 11) is 0. The molecule has 1 unspecified atom stereocenters. The number of rotatable bonds is 10. The predicted molar refractivity (Wildman–Crippen MR) is 160 cm³/mol. The summed E-state index contributed by atoms with van der Waals surface area (Å²) in [5.74, 6) is 0.0604. The fourth-order valence-corrected chi connectivity index (χ4v) is 4.45. The van der Waals surface area contributed by atoms with Gasteiger partial charge in [0.2, 0.25) is 0 Å². The third-order valence-electron chi connectivity index (χ3n) is 6.04. The van der Waals surface area contributed by atoms with Gasteiger partial charge in [-0.25, -0.2) is 5.43 Å². The predicted octanol–water partition coefficient (Wildman–Crippen LogP) is 7.13. The minimum atomic E-state index is -0.758. The van der Waals surface area contributed by atoms with Gasteiger partial charge in [0.05, 0.1) is 6.21 Å². The van der Waals surface area contributed by atoms with Crippen LogP contribution in [0.1, 0.15) is 41.8 Å². The van der Waals surface area contributed by atoms with E-state index in [1.807, 2.05) is 74.5 Å². The topological polar surface area (TPSA) is 79.8 Å². The molecule has 0 saturated heterocycles. The Morgan fingerprint density at radius 3 is 2.41 bits per heavy atom. The Morgan fingerprint density at radius 2 is 1.69 bits per heavy atom. The van der Waals surface area contributed by atoms with E-state index in [0.29, 0.717) is 29.4 Å². The summed E-state index contributed by atoms with van der Waals surface area (Å²) >= 11 is 9.38. The molecule has 0 bridgehead atoms. The number of nitrogens with zero attached hydrogens (tertiary/aromatic N) is 1. The quantitative estimate of drug-likeness (QED) is 0.149. The van der Waals surface area contributed by atoms with E-state index in [0.717, 1.165) is 26.4 Å². The van der Waals surface area contributed by atoms with Crippen LogP contribution in [0.5, 0.6) is 5.75 Å². The van der Waals surface area contributed by atoms with Crippen LogP contribution in [0.25, 0.3) is 10.8 Å². The lowest BCUT2D eigenvalue weighted by Crippen LogP contribution is -2.46. The van der Waals surface area contributed by atoms with Crippen molar-refractivity contribution >= 4 is 56.3 Å². The Labute approximate surface area is 241 Å². The molecule has 0 spiro atoms. The average molecular weight is 607 g/mol. The van der Waals surface area contributed by atoms with Crippen molar-refractivity contribution in [3.05, 3.63) is 111 Å². The monoisotopic (exact) mass is 605 g/mol. The molecule has 2 N–H and O–H groups in total. The van der Waals surface area contributed by atoms with Crippen molar-refractivity contribution in [1.29, 1.82) is 0 Å². The highest BCUT2D eigenvalue weighted by Gasteiger charge is 2.22. The van der Waals surface area contributed by atoms with Crippen molar-refractivity contribution in [2.45, 2.75) is 32.9 Å². The number of hydrogen-bond donors (Lipinski definition) is 2. The maximum Gasteiger partial charge on any atom is 0.262 e. The molecule has 2 amide bonds. The number of hydrogen-bond acceptors (Lipinski definition) is 4. The molecule has 0 aromatic heterocycles. The van der Waals surface area contributed by atoms with Gasteiger partial charge in [0.25, 0.3) is 11.8 Å². The summed E-state index contributed by atoms with van der Waals surface area (Å²) in [4.78, 5) is 25.8. The van der Waals surface area contributed by atoms with E-state index >= 15 is 0 Å². The number of amides is 2. The van der Waals surface area contributed by atoms with Crippen LogP contribution >= 0.6 is 27.5 Å². The van der Waals surface area contributed by atoms with E-state index in [4.69, 9.17) is 16.3 Å². The molecular formula is C31H29BrClN3O3. The van der Waals surface area contributed by atoms with Gasteiger partial charge in [0.15, 0.2) is 0 Å². The van der Waals surface area contributed by atoms with Crippen LogP contribution < -0.4 is 15.5 Å². The summed E-state index contributed by atoms with van der Waals surface area (Å²) in [6.07, 6.45) is 2.04. The largest absolute Gasteiger partial charge is 0.488 e. The minimum Gasteiger partial charge on any atom is -0.488 e. The van der Waals surface area contributed by atoms with Gasteiger partial charge in [-0.2, -0.15) is 5.10 Å². The molecule has 200 valence electrons. The molecule has 39 heavy (non-hydrogen) atoms. The Hall–Kier alpha value is -3.68. The molecule has 0 saturated carbocycles. The number of carbonyl (C=O) groups is 2. The number of hydrazone groups is 1. The second kappa shape index (κ2) is 13.4. The Balaban J connectivity index is 1.51. The number of ether oxygens (including phenoxy) is 1. The number of fused-ring (bicyclic) bond motifs is 1. The summed E-state index contributed by atoms with van der Waals surface area (Å²) in [5.41, 5.74) is 4.80. The van der Waals surface area contributed by atoms with Gasteiger partial charge in [-0.1, -0.05) is 83.8 Å². The third kappa shape index (κ3) is 7.91. The fourth-order valence-electron chi connectivity index (χ4n) is 4.06. The van der Waals surface area contributed by atoms with Gasteiger partial charge in [0, 0.05) is 20.6 Å². The van der Waals surface area contributed by atoms with Crippen LogP contribution in [0, 0.1) is 5.92 Å². The Kier molecular flexibility index (Phi) is 9.74. The molecule has 0 radical (unpaired) electrons. The number of halogens is 2. The number of benzene rings is 4. The lowest BCUT2D eigenvalue weighted by Gasteiger charge is -2.19. The maximum absolute atomic E-state index is 13.1. The lowest BCUT2D eigenvalue weighted by atomic mass is 10.0. The summed E-state index contributed by atoms with van der Waals surface area (Å²) < 4.78 is 7.15. The van der Waals surface area contributed by atoms with Crippen LogP contribution in [-0.4, -0.2) is 24.1 Å². The number of carbonyl (C=O) groups excluding carboxylic acids is 2. The van der Waals surface area contributed by atoms with Crippen LogP contribution in [0.2, 0.25) is 5.02 Å². The zero-order valence-corrected chi connectivity index (χ0v) is 24.0. The van der Waals surface area contributed by atoms with E-state index in [-0.39, 0.29) is 11.8 Å². The molecule has 0 aliphatic heterocycles. The first-order valence-corrected chi connectivity index (χ1v) is 13.8. The molecule has 8 heteroatoms. The zero-order valence-electron chi connectivity index (χ0n) is 21.7. The summed E-state index contributed by atoms with van der Waals surface area (Å²) in [5, 5.41) is 9.58. The second-order valence-electron chi connectivity index (χ2n) is 9.51. The highest BCUT2D eigenvalue weighted by Crippen LogP contribution is 2.27. The Bertz CT molecular complexity index is 1470. The standard InChI is InChI=1S/C31H29BrClN3O3/c1-20(2)17-28(35-30(37)23-9-14-25(33)15-10-23)31(38)36-34-18-27-26-6-4-3-5-22(26)11-16-29(27)39-19-21-7-12-24(32)13-8-21/h3-16,18,20,28H,17,19H2,1-2H3,(H,35,37)(H,36,38). The van der Waals surface area contributed by atoms with Crippen LogP contribution in [-0.2, 0) is 11.4 Å². The SMILES string of the molecule is CC(C)CC(NC(=O)c1ccc(Cl)cc1)C(=O)NN=Cc1c(OCc2ccc(Br)cc2)ccc2ccccc12. The minimum absolute atomic E-state index is 0.173. The van der Waals surface area contributed by atoms with E-state index < -0.39 is 11.9 Å². The highest BCUT2D eigenvalue weighted by atomic mass is 79.9. The third-order valence-corrected chi connectivity index (χ3v) is 6.82. The van der Waals surface area contributed by atoms with Gasteiger partial charge in [-0.3, -0.25) is 9.59 Å². The van der Waals surface area contributed by atoms with Gasteiger partial charge in [0.1, 0.15) is 18.4 Å². The first-order chi connectivity index (χ1) is 18.8. The smallest absolute Gasteiger partial charge is 0.262 e. The molecule has 0 aliphatic carbocycles. The second-order valence-corrected chi connectivity index (χ2v) is 10.9. The first-order valence-electron chi connectivity index (χ1n) is 12.6. The number of nitrogens with one attached hydrogen (secondary N) is 2. The van der Waals surface area contributed by atoms with E-state index in [2.05, 4.69) is 31.8 Å². The summed E-state index contributed by atoms with van der Waals surface area (Å²) in [6.45, 7) is 4.36. The summed E-state index contributed by atoms with van der Waals surface area (Å²) in [6, 6.07) is 25.5. The van der Waals surface area contributed by atoms with Gasteiger partial charge >= 0.3 is 0 Å². The van der Waals surface area contributed by atoms with Crippen molar-refractivity contribution in [3.63, 3.8) is 0 Å². The van der Waals surface area contributed by atoms with Crippen LogP contribution in [0.15, 0.2) is 94.5 Å². The zero-order chi connectivity index (χ0) is 27.8. The molecule has 6 nitrogen and oxygen atoms in total. The van der Waals surface area contributed by atoms with Gasteiger partial charge in [-0.05, 0) is 71.1 Å². The Morgan fingerprint density at radius 1 is 0.974 bits per heavy atom. The van der Waals surface area contributed by atoms with E-state index in [1.54, 1.807) is 30.5 Å². The van der Waals surface area contributed by atoms with Gasteiger partial charge in [-0.15, -0.1) is 0 Å². The molecule has 4 aromatic rings. The van der Waals surface area contributed by atoms with Crippen molar-refractivity contribution in [3.8, 4) is 5.75 Å². The van der Waals surface area contributed by atoms with Gasteiger partial charge < -0.3 is 10.1 Å². The molecule has 4 rings (SSSR count). The molecule has 0 aliphatic rings. The van der Waals surface area contributed by atoms with Crippen LogP contribution in [0.4, 0.5) is 0 Å². The molecule has 1 atom stereocenters. The van der Waals surface area contributed by atoms with Crippen molar-refractivity contribution in [1.82, 2.24) is 10.7 Å². The highest BCUT2D eigenvalue weighted by molar-refractivity contribution is 9.10. The molecule has 4 aromatic carbocycles. The maximum atomic E-state index is 13.1. The van der Waals surface area contributed by atoms with Crippen molar-refractivity contribution < 1.29 is 14.3 Å². The van der Waals surface area contributed by atoms with Crippen molar-refractivity contribution in [2.24, 2.45) is 11.0 Å². The molecule has 0 fully saturated rings. The first kappa shape index (κ1) is 28.3. The van der Waals surface area contributed by atoms with Crippen LogP contribution in [0.3, 0.4) is 0 Å². The lowest BCUT2D eigenvalue weighted by molar-refractivity contribution is -0.123.